The number of hydrogen-bond acceptors (Lipinski definition) is 6. The number of likely N-dealkylation sites (tertiary alicyclic amines) is 1. The van der Waals surface area contributed by atoms with Crippen LogP contribution in [0.2, 0.25) is 0 Å². The zero-order chi connectivity index (χ0) is 21.8. The van der Waals surface area contributed by atoms with E-state index in [9.17, 15) is 4.79 Å². The molecule has 0 amide bonds. The molecule has 3 aromatic rings. The van der Waals surface area contributed by atoms with Crippen LogP contribution >= 0.6 is 0 Å². The Morgan fingerprint density at radius 2 is 1.90 bits per heavy atom. The first-order valence-corrected chi connectivity index (χ1v) is 10.9. The fourth-order valence-corrected chi connectivity index (χ4v) is 4.21. The molecule has 3 aromatic heterocycles. The topological polar surface area (TPSA) is 72.3 Å². The van der Waals surface area contributed by atoms with Crippen LogP contribution in [0.15, 0.2) is 41.5 Å². The molecule has 1 aliphatic rings. The number of ether oxygens (including phenoxy) is 1. The van der Waals surface area contributed by atoms with Crippen molar-refractivity contribution >= 4 is 11.0 Å². The van der Waals surface area contributed by atoms with Crippen molar-refractivity contribution in [2.24, 2.45) is 0 Å². The molecule has 1 saturated heterocycles. The van der Waals surface area contributed by atoms with Gasteiger partial charge in [-0.2, -0.15) is 0 Å². The average Bonchev–Trinajstić information content (AvgIpc) is 2.78. The van der Waals surface area contributed by atoms with Crippen LogP contribution in [0.25, 0.3) is 11.0 Å². The molecule has 1 aliphatic heterocycles. The molecule has 0 aliphatic carbocycles. The minimum absolute atomic E-state index is 0.0393. The number of fused-ring (bicyclic) bond motifs is 1. The lowest BCUT2D eigenvalue weighted by atomic mass is 10.0. The first-order valence-electron chi connectivity index (χ1n) is 10.9. The monoisotopic (exact) mass is 421 g/mol. The maximum Gasteiger partial charge on any atom is 0.251 e. The fraction of sp³-hybridized carbons (Fsp3) is 0.458. The van der Waals surface area contributed by atoms with Crippen LogP contribution in [0.5, 0.6) is 5.75 Å². The van der Waals surface area contributed by atoms with Gasteiger partial charge in [0.05, 0.1) is 23.8 Å². The largest absolute Gasteiger partial charge is 0.496 e. The van der Waals surface area contributed by atoms with Crippen molar-refractivity contribution in [2.45, 2.75) is 45.8 Å². The summed E-state index contributed by atoms with van der Waals surface area (Å²) < 4.78 is 7.25. The molecule has 7 nitrogen and oxygen atoms in total. The lowest BCUT2D eigenvalue weighted by Gasteiger charge is -2.32. The number of methoxy groups -OCH3 is 1. The maximum atomic E-state index is 12.4. The smallest absolute Gasteiger partial charge is 0.251 e. The lowest BCUT2D eigenvalue weighted by Crippen LogP contribution is -2.43. The molecule has 4 rings (SSSR count). The van der Waals surface area contributed by atoms with E-state index in [1.807, 2.05) is 49.0 Å². The van der Waals surface area contributed by atoms with Gasteiger partial charge in [-0.3, -0.25) is 14.8 Å². The SMILES string of the molecule is COc1cc(CNC2CCN(CCn3c(=O)ccc4ncc(C)cc43)CC2)ncc1C. The van der Waals surface area contributed by atoms with Gasteiger partial charge < -0.3 is 19.5 Å². The van der Waals surface area contributed by atoms with Gasteiger partial charge in [-0.15, -0.1) is 0 Å². The second kappa shape index (κ2) is 9.58. The molecule has 0 unspecified atom stereocenters. The van der Waals surface area contributed by atoms with E-state index in [2.05, 4.69) is 20.2 Å². The van der Waals surface area contributed by atoms with E-state index < -0.39 is 0 Å². The van der Waals surface area contributed by atoms with Crippen LogP contribution in [-0.2, 0) is 13.1 Å². The predicted molar refractivity (Wildman–Crippen MR) is 123 cm³/mol. The second-order valence-electron chi connectivity index (χ2n) is 8.38. The molecule has 31 heavy (non-hydrogen) atoms. The highest BCUT2D eigenvalue weighted by Gasteiger charge is 2.19. The van der Waals surface area contributed by atoms with Gasteiger partial charge in [0.1, 0.15) is 5.75 Å². The van der Waals surface area contributed by atoms with Gasteiger partial charge in [-0.05, 0) is 57.5 Å². The summed E-state index contributed by atoms with van der Waals surface area (Å²) in [5.41, 5.74) is 4.95. The third-order valence-corrected chi connectivity index (χ3v) is 6.10. The molecule has 4 heterocycles. The molecule has 0 bridgehead atoms. The van der Waals surface area contributed by atoms with Gasteiger partial charge in [0, 0.05) is 55.8 Å². The summed E-state index contributed by atoms with van der Waals surface area (Å²) in [6.45, 7) is 8.37. The summed E-state index contributed by atoms with van der Waals surface area (Å²) in [6, 6.07) is 7.97. The van der Waals surface area contributed by atoms with E-state index in [1.165, 1.54) is 0 Å². The number of hydrogen-bond donors (Lipinski definition) is 1. The number of nitrogens with zero attached hydrogens (tertiary/aromatic N) is 4. The molecule has 0 radical (unpaired) electrons. The number of nitrogens with one attached hydrogen (secondary N) is 1. The molecule has 1 fully saturated rings. The van der Waals surface area contributed by atoms with Crippen LogP contribution in [0, 0.1) is 13.8 Å². The van der Waals surface area contributed by atoms with Crippen LogP contribution in [-0.4, -0.2) is 52.2 Å². The molecule has 164 valence electrons. The maximum absolute atomic E-state index is 12.4. The van der Waals surface area contributed by atoms with Crippen molar-refractivity contribution in [1.29, 1.82) is 0 Å². The molecule has 7 heteroatoms. The summed E-state index contributed by atoms with van der Waals surface area (Å²) >= 11 is 0. The second-order valence-corrected chi connectivity index (χ2v) is 8.38. The van der Waals surface area contributed by atoms with Crippen LogP contribution < -0.4 is 15.6 Å². The minimum atomic E-state index is 0.0393. The molecule has 0 saturated carbocycles. The standard InChI is InChI=1S/C24H31N5O2/c1-17-12-22-21(27-14-17)4-5-24(30)29(22)11-10-28-8-6-19(7-9-28)26-16-20-13-23(31-3)18(2)15-25-20/h4-5,12-15,19,26H,6-11,16H2,1-3H3. The van der Waals surface area contributed by atoms with Crippen molar-refractivity contribution in [3.63, 3.8) is 0 Å². The van der Waals surface area contributed by atoms with Crippen molar-refractivity contribution in [1.82, 2.24) is 24.8 Å². The highest BCUT2D eigenvalue weighted by Crippen LogP contribution is 2.18. The summed E-state index contributed by atoms with van der Waals surface area (Å²) in [5.74, 6) is 0.885. The number of aromatic nitrogens is 3. The fourth-order valence-electron chi connectivity index (χ4n) is 4.21. The molecule has 1 N–H and O–H groups in total. The number of piperidine rings is 1. The van der Waals surface area contributed by atoms with Crippen LogP contribution in [0.3, 0.4) is 0 Å². The minimum Gasteiger partial charge on any atom is -0.496 e. The van der Waals surface area contributed by atoms with E-state index in [-0.39, 0.29) is 5.56 Å². The van der Waals surface area contributed by atoms with Crippen LogP contribution in [0.1, 0.15) is 29.7 Å². The average molecular weight is 422 g/mol. The van der Waals surface area contributed by atoms with E-state index in [0.29, 0.717) is 12.6 Å². The van der Waals surface area contributed by atoms with E-state index >= 15 is 0 Å². The molecule has 0 spiro atoms. The summed E-state index contributed by atoms with van der Waals surface area (Å²) in [5, 5.41) is 3.63. The lowest BCUT2D eigenvalue weighted by molar-refractivity contribution is 0.191. The number of rotatable bonds is 7. The molecule has 0 atom stereocenters. The molecular weight excluding hydrogens is 390 g/mol. The third kappa shape index (κ3) is 5.11. The van der Waals surface area contributed by atoms with Crippen molar-refractivity contribution in [2.75, 3.05) is 26.7 Å². The molecular formula is C24H31N5O2. The Labute approximate surface area is 183 Å². The first-order chi connectivity index (χ1) is 15.0. The normalized spacial score (nSPS) is 15.5. The highest BCUT2D eigenvalue weighted by atomic mass is 16.5. The zero-order valence-corrected chi connectivity index (χ0v) is 18.6. The van der Waals surface area contributed by atoms with E-state index in [0.717, 1.165) is 72.6 Å². The van der Waals surface area contributed by atoms with Crippen molar-refractivity contribution < 1.29 is 4.74 Å². The summed E-state index contributed by atoms with van der Waals surface area (Å²) in [4.78, 5) is 23.8. The van der Waals surface area contributed by atoms with Gasteiger partial charge in [0.15, 0.2) is 0 Å². The predicted octanol–water partition coefficient (Wildman–Crippen LogP) is 2.67. The van der Waals surface area contributed by atoms with E-state index in [4.69, 9.17) is 4.74 Å². The summed E-state index contributed by atoms with van der Waals surface area (Å²) in [7, 11) is 1.69. The Morgan fingerprint density at radius 1 is 1.10 bits per heavy atom. The first kappa shape index (κ1) is 21.5. The Morgan fingerprint density at radius 3 is 2.68 bits per heavy atom. The van der Waals surface area contributed by atoms with E-state index in [1.54, 1.807) is 13.2 Å². The van der Waals surface area contributed by atoms with Crippen molar-refractivity contribution in [3.05, 3.63) is 63.8 Å². The Bertz CT molecular complexity index is 1100. The van der Waals surface area contributed by atoms with Gasteiger partial charge in [-0.25, -0.2) is 0 Å². The third-order valence-electron chi connectivity index (χ3n) is 6.10. The Kier molecular flexibility index (Phi) is 6.63. The van der Waals surface area contributed by atoms with Gasteiger partial charge >= 0.3 is 0 Å². The highest BCUT2D eigenvalue weighted by molar-refractivity contribution is 5.74. The quantitative estimate of drug-likeness (QED) is 0.632. The van der Waals surface area contributed by atoms with Gasteiger partial charge in [0.2, 0.25) is 0 Å². The number of pyridine rings is 3. The zero-order valence-electron chi connectivity index (χ0n) is 18.6. The Hall–Kier alpha value is -2.77. The van der Waals surface area contributed by atoms with Crippen molar-refractivity contribution in [3.8, 4) is 5.75 Å². The van der Waals surface area contributed by atoms with Crippen LogP contribution in [0.4, 0.5) is 0 Å². The van der Waals surface area contributed by atoms with Gasteiger partial charge in [-0.1, -0.05) is 0 Å². The summed E-state index contributed by atoms with van der Waals surface area (Å²) in [6.07, 6.45) is 5.89. The van der Waals surface area contributed by atoms with Gasteiger partial charge in [0.25, 0.3) is 5.56 Å². The number of aryl methyl sites for hydroxylation is 2. The molecule has 0 aromatic carbocycles. The Balaban J connectivity index is 1.29.